The largest absolute Gasteiger partial charge is 0.497 e. The van der Waals surface area contributed by atoms with Gasteiger partial charge in [-0.05, 0) is 6.07 Å². The zero-order chi connectivity index (χ0) is 12.4. The van der Waals surface area contributed by atoms with Crippen LogP contribution in [0.1, 0.15) is 0 Å². The van der Waals surface area contributed by atoms with Crippen LogP contribution in [-0.4, -0.2) is 26.3 Å². The molecule has 2 aromatic rings. The van der Waals surface area contributed by atoms with Crippen molar-refractivity contribution in [1.29, 1.82) is 0 Å². The Bertz CT molecular complexity index is 603. The first-order chi connectivity index (χ1) is 8.19. The molecular formula is C12H13NO4. The molecule has 0 aliphatic rings. The van der Waals surface area contributed by atoms with Gasteiger partial charge in [0.1, 0.15) is 17.2 Å². The van der Waals surface area contributed by atoms with E-state index in [1.54, 1.807) is 19.2 Å². The van der Waals surface area contributed by atoms with E-state index < -0.39 is 0 Å². The van der Waals surface area contributed by atoms with Crippen LogP contribution in [0, 0.1) is 0 Å². The molecule has 0 saturated carbocycles. The summed E-state index contributed by atoms with van der Waals surface area (Å²) in [7, 11) is 4.62. The van der Waals surface area contributed by atoms with Gasteiger partial charge in [0.15, 0.2) is 0 Å². The average Bonchev–Trinajstić information content (AvgIpc) is 2.36. The van der Waals surface area contributed by atoms with Crippen LogP contribution in [0.15, 0.2) is 23.0 Å². The molecule has 1 N–H and O–H groups in total. The summed E-state index contributed by atoms with van der Waals surface area (Å²) in [5.41, 5.74) is 0.357. The van der Waals surface area contributed by atoms with E-state index in [0.29, 0.717) is 22.8 Å². The van der Waals surface area contributed by atoms with Gasteiger partial charge in [-0.3, -0.25) is 4.79 Å². The molecule has 1 heterocycles. The Kier molecular flexibility index (Phi) is 2.91. The summed E-state index contributed by atoms with van der Waals surface area (Å²) in [5.74, 6) is 1.66. The number of aromatic nitrogens is 1. The molecule has 5 heteroatoms. The first-order valence-corrected chi connectivity index (χ1v) is 5.02. The summed E-state index contributed by atoms with van der Waals surface area (Å²) in [4.78, 5) is 14.2. The second kappa shape index (κ2) is 4.37. The molecule has 0 atom stereocenters. The van der Waals surface area contributed by atoms with E-state index in [9.17, 15) is 4.79 Å². The van der Waals surface area contributed by atoms with E-state index in [-0.39, 0.29) is 5.56 Å². The third-order valence-corrected chi connectivity index (χ3v) is 2.53. The topological polar surface area (TPSA) is 60.5 Å². The third kappa shape index (κ3) is 1.91. The first-order valence-electron chi connectivity index (χ1n) is 5.02. The van der Waals surface area contributed by atoms with Gasteiger partial charge >= 0.3 is 0 Å². The van der Waals surface area contributed by atoms with Gasteiger partial charge in [0.25, 0.3) is 5.56 Å². The average molecular weight is 235 g/mol. The molecule has 0 aliphatic carbocycles. The number of hydrogen-bond acceptors (Lipinski definition) is 4. The number of ether oxygens (including phenoxy) is 3. The predicted molar refractivity (Wildman–Crippen MR) is 64.2 cm³/mol. The van der Waals surface area contributed by atoms with E-state index in [2.05, 4.69) is 4.98 Å². The van der Waals surface area contributed by atoms with Gasteiger partial charge in [0.05, 0.1) is 26.8 Å². The summed E-state index contributed by atoms with van der Waals surface area (Å²) >= 11 is 0. The van der Waals surface area contributed by atoms with Crippen molar-refractivity contribution in [3.05, 3.63) is 28.6 Å². The summed E-state index contributed by atoms with van der Waals surface area (Å²) in [6, 6.07) is 4.88. The van der Waals surface area contributed by atoms with Crippen molar-refractivity contribution in [2.45, 2.75) is 0 Å². The molecule has 0 unspecified atom stereocenters. The van der Waals surface area contributed by atoms with Crippen LogP contribution in [0.5, 0.6) is 17.2 Å². The number of benzene rings is 1. The zero-order valence-corrected chi connectivity index (χ0v) is 9.87. The molecule has 0 fully saturated rings. The molecule has 0 spiro atoms. The Morgan fingerprint density at radius 1 is 0.941 bits per heavy atom. The fraction of sp³-hybridized carbons (Fsp3) is 0.250. The number of hydrogen-bond donors (Lipinski definition) is 1. The van der Waals surface area contributed by atoms with Crippen LogP contribution >= 0.6 is 0 Å². The van der Waals surface area contributed by atoms with Crippen LogP contribution in [0.2, 0.25) is 0 Å². The van der Waals surface area contributed by atoms with E-state index in [0.717, 1.165) is 5.39 Å². The van der Waals surface area contributed by atoms with Crippen LogP contribution in [-0.2, 0) is 0 Å². The number of pyridine rings is 1. The monoisotopic (exact) mass is 235 g/mol. The van der Waals surface area contributed by atoms with Crippen molar-refractivity contribution in [1.82, 2.24) is 4.98 Å². The minimum absolute atomic E-state index is 0.238. The van der Waals surface area contributed by atoms with E-state index in [1.807, 2.05) is 0 Å². The van der Waals surface area contributed by atoms with Crippen molar-refractivity contribution in [3.63, 3.8) is 0 Å². The lowest BCUT2D eigenvalue weighted by molar-refractivity contribution is 0.395. The standard InChI is InChI=1S/C12H13NO4/c1-15-7-4-8-9(16-2)6-11(14)13-12(8)10(5-7)17-3/h4-6H,1-3H3,(H,13,14). The Labute approximate surface area is 97.9 Å². The number of methoxy groups -OCH3 is 3. The molecule has 0 aliphatic heterocycles. The minimum atomic E-state index is -0.238. The van der Waals surface area contributed by atoms with Gasteiger partial charge in [-0.15, -0.1) is 0 Å². The summed E-state index contributed by atoms with van der Waals surface area (Å²) in [5, 5.41) is 0.739. The lowest BCUT2D eigenvalue weighted by atomic mass is 10.1. The van der Waals surface area contributed by atoms with E-state index in [4.69, 9.17) is 14.2 Å². The van der Waals surface area contributed by atoms with Gasteiger partial charge in [-0.25, -0.2) is 0 Å². The highest BCUT2D eigenvalue weighted by Crippen LogP contribution is 2.33. The highest BCUT2D eigenvalue weighted by atomic mass is 16.5. The second-order valence-electron chi connectivity index (χ2n) is 3.45. The Morgan fingerprint density at radius 3 is 2.24 bits per heavy atom. The van der Waals surface area contributed by atoms with Crippen molar-refractivity contribution >= 4 is 10.9 Å². The highest BCUT2D eigenvalue weighted by molar-refractivity contribution is 5.91. The highest BCUT2D eigenvalue weighted by Gasteiger charge is 2.10. The molecule has 0 amide bonds. The summed E-state index contributed by atoms with van der Waals surface area (Å²) < 4.78 is 15.6. The maximum atomic E-state index is 11.5. The summed E-state index contributed by atoms with van der Waals surface area (Å²) in [6.45, 7) is 0. The SMILES string of the molecule is COc1cc(OC)c2[nH]c(=O)cc(OC)c2c1. The fourth-order valence-electron chi connectivity index (χ4n) is 1.72. The Hall–Kier alpha value is -2.17. The molecule has 0 bridgehead atoms. The summed E-state index contributed by atoms with van der Waals surface area (Å²) in [6.07, 6.45) is 0. The van der Waals surface area contributed by atoms with Gasteiger partial charge < -0.3 is 19.2 Å². The fourth-order valence-corrected chi connectivity index (χ4v) is 1.72. The van der Waals surface area contributed by atoms with E-state index in [1.165, 1.54) is 20.3 Å². The van der Waals surface area contributed by atoms with Crippen molar-refractivity contribution in [3.8, 4) is 17.2 Å². The lowest BCUT2D eigenvalue weighted by Gasteiger charge is -2.10. The zero-order valence-electron chi connectivity index (χ0n) is 9.87. The van der Waals surface area contributed by atoms with Crippen LogP contribution in [0.25, 0.3) is 10.9 Å². The Morgan fingerprint density at radius 2 is 1.65 bits per heavy atom. The van der Waals surface area contributed by atoms with Gasteiger partial charge in [0.2, 0.25) is 0 Å². The van der Waals surface area contributed by atoms with Crippen molar-refractivity contribution in [2.75, 3.05) is 21.3 Å². The Balaban J connectivity index is 2.88. The number of nitrogens with one attached hydrogen (secondary N) is 1. The van der Waals surface area contributed by atoms with E-state index >= 15 is 0 Å². The number of fused-ring (bicyclic) bond motifs is 1. The molecular weight excluding hydrogens is 222 g/mol. The minimum Gasteiger partial charge on any atom is -0.497 e. The van der Waals surface area contributed by atoms with Gasteiger partial charge in [-0.2, -0.15) is 0 Å². The van der Waals surface area contributed by atoms with Gasteiger partial charge in [-0.1, -0.05) is 0 Å². The van der Waals surface area contributed by atoms with Gasteiger partial charge in [0, 0.05) is 17.5 Å². The molecule has 90 valence electrons. The molecule has 2 rings (SSSR count). The second-order valence-corrected chi connectivity index (χ2v) is 3.45. The van der Waals surface area contributed by atoms with Crippen LogP contribution in [0.4, 0.5) is 0 Å². The number of rotatable bonds is 3. The smallest absolute Gasteiger partial charge is 0.252 e. The van der Waals surface area contributed by atoms with Crippen molar-refractivity contribution in [2.24, 2.45) is 0 Å². The molecule has 5 nitrogen and oxygen atoms in total. The number of aromatic amines is 1. The molecule has 17 heavy (non-hydrogen) atoms. The normalized spacial score (nSPS) is 10.3. The third-order valence-electron chi connectivity index (χ3n) is 2.53. The maximum Gasteiger partial charge on any atom is 0.252 e. The number of H-pyrrole nitrogens is 1. The quantitative estimate of drug-likeness (QED) is 0.876. The molecule has 1 aromatic heterocycles. The molecule has 0 saturated heterocycles. The van der Waals surface area contributed by atoms with Crippen LogP contribution < -0.4 is 19.8 Å². The van der Waals surface area contributed by atoms with Crippen LogP contribution in [0.3, 0.4) is 0 Å². The van der Waals surface area contributed by atoms with Crippen molar-refractivity contribution < 1.29 is 14.2 Å². The first kappa shape index (κ1) is 11.3. The maximum absolute atomic E-state index is 11.5. The molecule has 0 radical (unpaired) electrons. The lowest BCUT2D eigenvalue weighted by Crippen LogP contribution is -2.06. The predicted octanol–water partition coefficient (Wildman–Crippen LogP) is 1.55. The molecule has 1 aromatic carbocycles.